The van der Waals surface area contributed by atoms with Gasteiger partial charge in [-0.3, -0.25) is 4.79 Å². The van der Waals surface area contributed by atoms with Gasteiger partial charge in [-0.05, 0) is 76.1 Å². The lowest BCUT2D eigenvalue weighted by molar-refractivity contribution is 0.102. The van der Waals surface area contributed by atoms with Gasteiger partial charge < -0.3 is 10.2 Å². The number of hydrogen-bond donors (Lipinski definition) is 1. The van der Waals surface area contributed by atoms with Crippen molar-refractivity contribution < 1.29 is 4.79 Å². The molecule has 0 heterocycles. The summed E-state index contributed by atoms with van der Waals surface area (Å²) in [4.78, 5) is 14.8. The van der Waals surface area contributed by atoms with Gasteiger partial charge in [-0.1, -0.05) is 12.1 Å². The predicted octanol–water partition coefficient (Wildman–Crippen LogP) is 4.79. The van der Waals surface area contributed by atoms with Crippen molar-refractivity contribution in [3.63, 3.8) is 0 Å². The van der Waals surface area contributed by atoms with Gasteiger partial charge in [0.2, 0.25) is 0 Å². The number of carbonyl (C=O) groups excluding carboxylic acids is 1. The molecular weight excluding hydrogens is 284 g/mol. The van der Waals surface area contributed by atoms with Gasteiger partial charge in [0, 0.05) is 29.5 Å². The summed E-state index contributed by atoms with van der Waals surface area (Å²) in [6.45, 7) is 11.5. The van der Waals surface area contributed by atoms with Gasteiger partial charge in [0.05, 0.1) is 0 Å². The number of carbonyl (C=O) groups is 1. The molecule has 0 aliphatic rings. The molecule has 3 nitrogen and oxygen atoms in total. The van der Waals surface area contributed by atoms with Crippen molar-refractivity contribution >= 4 is 17.3 Å². The monoisotopic (exact) mass is 310 g/mol. The fourth-order valence-corrected chi connectivity index (χ4v) is 2.78. The molecular formula is C20H26N2O. The van der Waals surface area contributed by atoms with E-state index in [1.165, 1.54) is 5.69 Å². The highest BCUT2D eigenvalue weighted by molar-refractivity contribution is 6.05. The molecule has 1 N–H and O–H groups in total. The second-order valence-electron chi connectivity index (χ2n) is 6.13. The minimum Gasteiger partial charge on any atom is -0.369 e. The number of nitrogens with one attached hydrogen (secondary N) is 1. The molecule has 3 heteroatoms. The first-order valence-corrected chi connectivity index (χ1v) is 8.18. The van der Waals surface area contributed by atoms with E-state index in [9.17, 15) is 4.79 Å². The molecule has 122 valence electrons. The van der Waals surface area contributed by atoms with Crippen LogP contribution in [0.2, 0.25) is 0 Å². The molecule has 0 radical (unpaired) electrons. The average Bonchev–Trinajstić information content (AvgIpc) is 2.52. The van der Waals surface area contributed by atoms with Gasteiger partial charge in [-0.25, -0.2) is 0 Å². The molecule has 2 aromatic carbocycles. The summed E-state index contributed by atoms with van der Waals surface area (Å²) in [7, 11) is 0. The Balaban J connectivity index is 2.15. The van der Waals surface area contributed by atoms with Gasteiger partial charge in [0.15, 0.2) is 0 Å². The Morgan fingerprint density at radius 1 is 1.09 bits per heavy atom. The van der Waals surface area contributed by atoms with Crippen molar-refractivity contribution in [3.05, 3.63) is 59.2 Å². The van der Waals surface area contributed by atoms with Gasteiger partial charge in [0.25, 0.3) is 5.91 Å². The molecule has 0 aliphatic carbocycles. The van der Waals surface area contributed by atoms with Crippen molar-refractivity contribution in [2.75, 3.05) is 16.8 Å². The van der Waals surface area contributed by atoms with Crippen molar-refractivity contribution in [2.45, 2.75) is 40.7 Å². The maximum atomic E-state index is 12.4. The summed E-state index contributed by atoms with van der Waals surface area (Å²) in [5.74, 6) is -0.0600. The molecule has 0 aromatic heterocycles. The summed E-state index contributed by atoms with van der Waals surface area (Å²) < 4.78 is 0. The standard InChI is InChI=1S/C20H26N2O/c1-6-22(14(2)3)18-12-10-17(11-13-18)21-20(23)19-9-7-8-15(4)16(19)5/h7-14H,6H2,1-5H3,(H,21,23). The Morgan fingerprint density at radius 2 is 1.74 bits per heavy atom. The highest BCUT2D eigenvalue weighted by atomic mass is 16.1. The summed E-state index contributed by atoms with van der Waals surface area (Å²) in [6.07, 6.45) is 0. The molecule has 0 spiro atoms. The van der Waals surface area contributed by atoms with Crippen LogP contribution in [0, 0.1) is 13.8 Å². The van der Waals surface area contributed by atoms with Crippen molar-refractivity contribution in [1.82, 2.24) is 0 Å². The maximum absolute atomic E-state index is 12.4. The van der Waals surface area contributed by atoms with Crippen LogP contribution in [-0.2, 0) is 0 Å². The summed E-state index contributed by atoms with van der Waals surface area (Å²) in [6, 6.07) is 14.3. The van der Waals surface area contributed by atoms with Crippen LogP contribution < -0.4 is 10.2 Å². The minimum atomic E-state index is -0.0600. The number of nitrogens with zero attached hydrogens (tertiary/aromatic N) is 1. The first-order valence-electron chi connectivity index (χ1n) is 8.18. The first kappa shape index (κ1) is 17.1. The van der Waals surface area contributed by atoms with Gasteiger partial charge in [0.1, 0.15) is 0 Å². The smallest absolute Gasteiger partial charge is 0.255 e. The van der Waals surface area contributed by atoms with Gasteiger partial charge in [-0.15, -0.1) is 0 Å². The highest BCUT2D eigenvalue weighted by Gasteiger charge is 2.11. The van der Waals surface area contributed by atoms with Gasteiger partial charge >= 0.3 is 0 Å². The number of amides is 1. The van der Waals surface area contributed by atoms with E-state index in [4.69, 9.17) is 0 Å². The normalized spacial score (nSPS) is 10.7. The Bertz CT molecular complexity index is 675. The highest BCUT2D eigenvalue weighted by Crippen LogP contribution is 2.21. The quantitative estimate of drug-likeness (QED) is 0.861. The second kappa shape index (κ2) is 7.32. The Morgan fingerprint density at radius 3 is 2.30 bits per heavy atom. The molecule has 0 aliphatic heterocycles. The molecule has 0 saturated carbocycles. The van der Waals surface area contributed by atoms with Gasteiger partial charge in [-0.2, -0.15) is 0 Å². The van der Waals surface area contributed by atoms with E-state index in [2.05, 4.69) is 43.1 Å². The third-order valence-corrected chi connectivity index (χ3v) is 4.27. The largest absolute Gasteiger partial charge is 0.369 e. The molecule has 2 aromatic rings. The Hall–Kier alpha value is -2.29. The van der Waals surface area contributed by atoms with Crippen molar-refractivity contribution in [2.24, 2.45) is 0 Å². The van der Waals surface area contributed by atoms with E-state index in [-0.39, 0.29) is 5.91 Å². The lowest BCUT2D eigenvalue weighted by atomic mass is 10.0. The first-order chi connectivity index (χ1) is 10.9. The van der Waals surface area contributed by atoms with E-state index in [1.807, 2.05) is 44.2 Å². The third kappa shape index (κ3) is 3.92. The van der Waals surface area contributed by atoms with Crippen molar-refractivity contribution in [1.29, 1.82) is 0 Å². The summed E-state index contributed by atoms with van der Waals surface area (Å²) >= 11 is 0. The Labute approximate surface area is 139 Å². The third-order valence-electron chi connectivity index (χ3n) is 4.27. The fraction of sp³-hybridized carbons (Fsp3) is 0.350. The summed E-state index contributed by atoms with van der Waals surface area (Å²) in [5, 5.41) is 2.98. The van der Waals surface area contributed by atoms with Crippen LogP contribution in [0.4, 0.5) is 11.4 Å². The molecule has 1 amide bonds. The number of rotatable bonds is 5. The lowest BCUT2D eigenvalue weighted by Crippen LogP contribution is -2.30. The maximum Gasteiger partial charge on any atom is 0.255 e. The second-order valence-corrected chi connectivity index (χ2v) is 6.13. The molecule has 2 rings (SSSR count). The van der Waals surface area contributed by atoms with E-state index in [1.54, 1.807) is 0 Å². The van der Waals surface area contributed by atoms with Crippen molar-refractivity contribution in [3.8, 4) is 0 Å². The molecule has 0 saturated heterocycles. The van der Waals surface area contributed by atoms with Crippen LogP contribution >= 0.6 is 0 Å². The number of hydrogen-bond acceptors (Lipinski definition) is 2. The SMILES string of the molecule is CCN(c1ccc(NC(=O)c2cccc(C)c2C)cc1)C(C)C. The van der Waals surface area contributed by atoms with Crippen LogP contribution in [0.1, 0.15) is 42.3 Å². The lowest BCUT2D eigenvalue weighted by Gasteiger charge is -2.27. The number of aryl methyl sites for hydroxylation is 1. The van der Waals surface area contributed by atoms with E-state index in [0.29, 0.717) is 6.04 Å². The zero-order valence-electron chi connectivity index (χ0n) is 14.7. The van der Waals surface area contributed by atoms with E-state index >= 15 is 0 Å². The van der Waals surface area contributed by atoms with E-state index < -0.39 is 0 Å². The Kier molecular flexibility index (Phi) is 5.43. The molecule has 0 atom stereocenters. The van der Waals surface area contributed by atoms with Crippen LogP contribution in [0.25, 0.3) is 0 Å². The van der Waals surface area contributed by atoms with Crippen LogP contribution in [-0.4, -0.2) is 18.5 Å². The van der Waals surface area contributed by atoms with Crippen LogP contribution in [0.15, 0.2) is 42.5 Å². The fourth-order valence-electron chi connectivity index (χ4n) is 2.78. The minimum absolute atomic E-state index is 0.0600. The molecule has 0 unspecified atom stereocenters. The number of anilines is 2. The van der Waals surface area contributed by atoms with E-state index in [0.717, 1.165) is 28.9 Å². The topological polar surface area (TPSA) is 32.3 Å². The zero-order chi connectivity index (χ0) is 17.0. The van der Waals surface area contributed by atoms with Crippen LogP contribution in [0.3, 0.4) is 0 Å². The predicted molar refractivity (Wildman–Crippen MR) is 98.5 cm³/mol. The molecule has 23 heavy (non-hydrogen) atoms. The summed E-state index contributed by atoms with van der Waals surface area (Å²) in [5.41, 5.74) is 4.88. The molecule has 0 fully saturated rings. The zero-order valence-corrected chi connectivity index (χ0v) is 14.7. The van der Waals surface area contributed by atoms with Crippen LogP contribution in [0.5, 0.6) is 0 Å². The average molecular weight is 310 g/mol. The number of benzene rings is 2. The molecule has 0 bridgehead atoms.